The molecule has 0 fully saturated rings. The van der Waals surface area contributed by atoms with Crippen molar-refractivity contribution in [2.24, 2.45) is 0 Å². The molecule has 1 aromatic heterocycles. The molecule has 0 aliphatic rings. The van der Waals surface area contributed by atoms with Crippen LogP contribution in [0.3, 0.4) is 0 Å². The van der Waals surface area contributed by atoms with Crippen molar-refractivity contribution in [3.05, 3.63) is 28.8 Å². The van der Waals surface area contributed by atoms with Gasteiger partial charge < -0.3 is 20.9 Å². The second-order valence-corrected chi connectivity index (χ2v) is 7.51. The Hall–Kier alpha value is -1.55. The molecule has 1 atom stereocenters. The van der Waals surface area contributed by atoms with Crippen molar-refractivity contribution in [2.75, 3.05) is 24.6 Å². The molecule has 1 unspecified atom stereocenters. The third-order valence-corrected chi connectivity index (χ3v) is 5.17. The van der Waals surface area contributed by atoms with Crippen molar-refractivity contribution in [3.63, 3.8) is 0 Å². The molecule has 130 valence electrons. The second-order valence-electron chi connectivity index (χ2n) is 4.87. The van der Waals surface area contributed by atoms with E-state index in [0.29, 0.717) is 20.2 Å². The minimum atomic E-state index is -0.813. The van der Waals surface area contributed by atoms with Gasteiger partial charge in [-0.2, -0.15) is 0 Å². The first-order valence-electron chi connectivity index (χ1n) is 6.99. The van der Waals surface area contributed by atoms with Gasteiger partial charge in [0.1, 0.15) is 18.5 Å². The van der Waals surface area contributed by atoms with Crippen LogP contribution in [0.4, 0.5) is 5.13 Å². The van der Waals surface area contributed by atoms with Crippen LogP contribution in [0, 0.1) is 6.92 Å². The van der Waals surface area contributed by atoms with Crippen molar-refractivity contribution in [1.82, 2.24) is 15.5 Å². The van der Waals surface area contributed by atoms with E-state index >= 15 is 0 Å². The summed E-state index contributed by atoms with van der Waals surface area (Å²) in [5, 5.41) is 21.0. The number of carbonyl (C=O) groups is 1. The predicted octanol–water partition coefficient (Wildman–Crippen LogP) is 1.73. The number of anilines is 1. The molecule has 7 nitrogen and oxygen atoms in total. The maximum Gasteiger partial charge on any atom is 0.230 e. The highest BCUT2D eigenvalue weighted by atomic mass is 35.5. The van der Waals surface area contributed by atoms with Crippen molar-refractivity contribution in [1.29, 1.82) is 0 Å². The fraction of sp³-hybridized carbons (Fsp3) is 0.357. The van der Waals surface area contributed by atoms with Crippen molar-refractivity contribution >= 4 is 45.7 Å². The van der Waals surface area contributed by atoms with E-state index in [1.807, 2.05) is 6.92 Å². The number of hydrogen-bond acceptors (Lipinski definition) is 8. The fourth-order valence-corrected chi connectivity index (χ4v) is 3.23. The lowest BCUT2D eigenvalue weighted by Gasteiger charge is -2.13. The number of aliphatic hydroxyl groups is 1. The summed E-state index contributed by atoms with van der Waals surface area (Å²) in [6.45, 7) is 2.04. The number of nitrogens with zero attached hydrogens (tertiary/aromatic N) is 2. The van der Waals surface area contributed by atoms with E-state index in [1.165, 1.54) is 23.1 Å². The van der Waals surface area contributed by atoms with Gasteiger partial charge in [-0.15, -0.1) is 10.2 Å². The zero-order valence-corrected chi connectivity index (χ0v) is 15.2. The maximum absolute atomic E-state index is 11.7. The molecule has 10 heteroatoms. The van der Waals surface area contributed by atoms with E-state index < -0.39 is 6.10 Å². The van der Waals surface area contributed by atoms with Gasteiger partial charge in [0.05, 0.1) is 5.75 Å². The summed E-state index contributed by atoms with van der Waals surface area (Å²) in [5.41, 5.74) is 6.35. The van der Waals surface area contributed by atoms with Crippen LogP contribution in [0.5, 0.6) is 5.75 Å². The van der Waals surface area contributed by atoms with E-state index in [0.717, 1.165) is 5.56 Å². The molecule has 0 bridgehead atoms. The Morgan fingerprint density at radius 1 is 1.54 bits per heavy atom. The molecular formula is C14H17ClN4O3S2. The van der Waals surface area contributed by atoms with Gasteiger partial charge in [0.25, 0.3) is 0 Å². The summed E-state index contributed by atoms with van der Waals surface area (Å²) in [5.74, 6) is 0.584. The van der Waals surface area contributed by atoms with Crippen LogP contribution in [0.2, 0.25) is 5.02 Å². The second kappa shape index (κ2) is 9.07. The Morgan fingerprint density at radius 2 is 2.33 bits per heavy atom. The standard InChI is InChI=1S/C14H17ClN4O3S2/c1-8-4-10(2-3-11(8)15)22-6-9(20)5-17-12(21)7-23-14-19-18-13(16)24-14/h2-4,9,20H,5-7H2,1H3,(H2,16,18)(H,17,21). The monoisotopic (exact) mass is 388 g/mol. The molecule has 1 heterocycles. The molecule has 0 saturated heterocycles. The normalized spacial score (nSPS) is 12.0. The van der Waals surface area contributed by atoms with E-state index in [4.69, 9.17) is 22.1 Å². The van der Waals surface area contributed by atoms with E-state index in [9.17, 15) is 9.90 Å². The lowest BCUT2D eigenvalue weighted by molar-refractivity contribution is -0.119. The number of rotatable bonds is 8. The van der Waals surface area contributed by atoms with Crippen LogP contribution in [0.25, 0.3) is 0 Å². The van der Waals surface area contributed by atoms with E-state index in [2.05, 4.69) is 15.5 Å². The summed E-state index contributed by atoms with van der Waals surface area (Å²) in [6, 6.07) is 5.25. The average Bonchev–Trinajstić information content (AvgIpc) is 2.97. The Bertz CT molecular complexity index is 698. The molecule has 0 spiro atoms. The summed E-state index contributed by atoms with van der Waals surface area (Å²) >= 11 is 8.40. The molecule has 2 rings (SSSR count). The van der Waals surface area contributed by atoms with Gasteiger partial charge in [-0.05, 0) is 30.7 Å². The van der Waals surface area contributed by atoms with Crippen molar-refractivity contribution in [3.8, 4) is 5.75 Å². The molecule has 24 heavy (non-hydrogen) atoms. The van der Waals surface area contributed by atoms with Crippen LogP contribution >= 0.6 is 34.7 Å². The molecule has 0 saturated carbocycles. The Morgan fingerprint density at radius 3 is 3.00 bits per heavy atom. The van der Waals surface area contributed by atoms with Crippen molar-refractivity contribution in [2.45, 2.75) is 17.4 Å². The zero-order chi connectivity index (χ0) is 17.5. The van der Waals surface area contributed by atoms with Crippen LogP contribution < -0.4 is 15.8 Å². The highest BCUT2D eigenvalue weighted by Crippen LogP contribution is 2.23. The third-order valence-electron chi connectivity index (χ3n) is 2.86. The fourth-order valence-electron chi connectivity index (χ4n) is 1.65. The minimum Gasteiger partial charge on any atom is -0.491 e. The Kier molecular flexibility index (Phi) is 7.10. The van der Waals surface area contributed by atoms with Gasteiger partial charge >= 0.3 is 0 Å². The van der Waals surface area contributed by atoms with E-state index in [-0.39, 0.29) is 24.8 Å². The topological polar surface area (TPSA) is 110 Å². The minimum absolute atomic E-state index is 0.0709. The van der Waals surface area contributed by atoms with Gasteiger partial charge in [-0.1, -0.05) is 34.7 Å². The number of nitrogens with one attached hydrogen (secondary N) is 1. The molecule has 0 radical (unpaired) electrons. The summed E-state index contributed by atoms with van der Waals surface area (Å²) in [7, 11) is 0. The quantitative estimate of drug-likeness (QED) is 0.590. The predicted molar refractivity (Wildman–Crippen MR) is 95.7 cm³/mol. The number of amides is 1. The number of ether oxygens (including phenoxy) is 1. The lowest BCUT2D eigenvalue weighted by atomic mass is 10.2. The van der Waals surface area contributed by atoms with Crippen LogP contribution in [0.15, 0.2) is 22.5 Å². The number of benzene rings is 1. The first-order valence-corrected chi connectivity index (χ1v) is 9.17. The number of carbonyl (C=O) groups excluding carboxylic acids is 1. The maximum atomic E-state index is 11.7. The number of aryl methyl sites for hydroxylation is 1. The summed E-state index contributed by atoms with van der Waals surface area (Å²) < 4.78 is 6.10. The average molecular weight is 389 g/mol. The molecule has 0 aliphatic heterocycles. The SMILES string of the molecule is Cc1cc(OCC(O)CNC(=O)CSc2nnc(N)s2)ccc1Cl. The number of aromatic nitrogens is 2. The van der Waals surface area contributed by atoms with Gasteiger partial charge in [-0.3, -0.25) is 4.79 Å². The number of nitrogen functional groups attached to an aromatic ring is 1. The first-order chi connectivity index (χ1) is 11.4. The number of aliphatic hydroxyl groups excluding tert-OH is 1. The molecule has 1 amide bonds. The molecule has 1 aromatic carbocycles. The molecule has 4 N–H and O–H groups in total. The molecule has 0 aliphatic carbocycles. The number of halogens is 1. The highest BCUT2D eigenvalue weighted by molar-refractivity contribution is 8.01. The van der Waals surface area contributed by atoms with Crippen molar-refractivity contribution < 1.29 is 14.6 Å². The first kappa shape index (κ1) is 18.8. The van der Waals surface area contributed by atoms with Gasteiger partial charge in [0, 0.05) is 11.6 Å². The highest BCUT2D eigenvalue weighted by Gasteiger charge is 2.10. The van der Waals surface area contributed by atoms with Crippen LogP contribution in [-0.4, -0.2) is 46.2 Å². The van der Waals surface area contributed by atoms with Gasteiger partial charge in [0.2, 0.25) is 11.0 Å². The van der Waals surface area contributed by atoms with Crippen LogP contribution in [-0.2, 0) is 4.79 Å². The smallest absolute Gasteiger partial charge is 0.230 e. The Balaban J connectivity index is 1.65. The Labute approximate surface area is 152 Å². The van der Waals surface area contributed by atoms with E-state index in [1.54, 1.807) is 18.2 Å². The lowest BCUT2D eigenvalue weighted by Crippen LogP contribution is -2.36. The molecule has 2 aromatic rings. The largest absolute Gasteiger partial charge is 0.491 e. The van der Waals surface area contributed by atoms with Crippen LogP contribution in [0.1, 0.15) is 5.56 Å². The number of hydrogen-bond donors (Lipinski definition) is 3. The number of nitrogens with two attached hydrogens (primary N) is 1. The summed E-state index contributed by atoms with van der Waals surface area (Å²) in [4.78, 5) is 11.7. The molecular weight excluding hydrogens is 372 g/mol. The third kappa shape index (κ3) is 6.16. The van der Waals surface area contributed by atoms with Gasteiger partial charge in [0.15, 0.2) is 4.34 Å². The van der Waals surface area contributed by atoms with Gasteiger partial charge in [-0.25, -0.2) is 0 Å². The zero-order valence-electron chi connectivity index (χ0n) is 12.9. The summed E-state index contributed by atoms with van der Waals surface area (Å²) in [6.07, 6.45) is -0.813. The number of thioether (sulfide) groups is 1.